The molecule has 9 heteroatoms. The monoisotopic (exact) mass is 380 g/mol. The lowest BCUT2D eigenvalue weighted by atomic mass is 10.1. The molecule has 0 aliphatic carbocycles. The van der Waals surface area contributed by atoms with E-state index in [1.54, 1.807) is 13.0 Å². The van der Waals surface area contributed by atoms with Crippen molar-refractivity contribution in [3.63, 3.8) is 0 Å². The van der Waals surface area contributed by atoms with E-state index in [1.807, 2.05) is 0 Å². The van der Waals surface area contributed by atoms with Crippen molar-refractivity contribution < 1.29 is 28.2 Å². The molecular formula is C17H17FN2O5S. The molecule has 0 unspecified atom stereocenters. The van der Waals surface area contributed by atoms with Crippen molar-refractivity contribution in [2.75, 3.05) is 31.4 Å². The molecule has 1 aromatic carbocycles. The van der Waals surface area contributed by atoms with Crippen molar-refractivity contribution in [3.05, 3.63) is 46.1 Å². The highest BCUT2D eigenvalue weighted by atomic mass is 32.1. The molecule has 0 radical (unpaired) electrons. The zero-order valence-corrected chi connectivity index (χ0v) is 15.2. The molecule has 7 nitrogen and oxygen atoms in total. The number of carbonyl (C=O) groups excluding carboxylic acids is 3. The summed E-state index contributed by atoms with van der Waals surface area (Å²) in [5.41, 5.74) is 0.608. The van der Waals surface area contributed by atoms with Crippen LogP contribution in [0.15, 0.2) is 24.3 Å². The second kappa shape index (κ2) is 8.43. The number of anilines is 2. The van der Waals surface area contributed by atoms with Gasteiger partial charge in [0.15, 0.2) is 0 Å². The number of amides is 1. The zero-order valence-electron chi connectivity index (χ0n) is 14.3. The number of thiophene rings is 1. The van der Waals surface area contributed by atoms with Crippen molar-refractivity contribution in [2.45, 2.75) is 6.92 Å². The molecule has 1 aromatic heterocycles. The highest BCUT2D eigenvalue weighted by Gasteiger charge is 2.26. The fourth-order valence-electron chi connectivity index (χ4n) is 2.19. The maximum atomic E-state index is 13.6. The molecule has 0 fully saturated rings. The lowest BCUT2D eigenvalue weighted by Crippen LogP contribution is -2.22. The van der Waals surface area contributed by atoms with Crippen LogP contribution in [-0.2, 0) is 14.3 Å². The SMILES string of the molecule is COC(=O)c1sc(NC(=O)CNc2ccccc2F)c(C(=O)OC)c1C. The van der Waals surface area contributed by atoms with E-state index in [2.05, 4.69) is 15.4 Å². The fraction of sp³-hybridized carbons (Fsp3) is 0.235. The van der Waals surface area contributed by atoms with E-state index in [4.69, 9.17) is 4.74 Å². The van der Waals surface area contributed by atoms with Gasteiger partial charge >= 0.3 is 11.9 Å². The normalized spacial score (nSPS) is 10.2. The quantitative estimate of drug-likeness (QED) is 0.749. The first-order chi connectivity index (χ1) is 12.4. The molecule has 0 bridgehead atoms. The van der Waals surface area contributed by atoms with Crippen LogP contribution >= 0.6 is 11.3 Å². The summed E-state index contributed by atoms with van der Waals surface area (Å²) < 4.78 is 22.9. The first-order valence-electron chi connectivity index (χ1n) is 7.47. The van der Waals surface area contributed by atoms with Gasteiger partial charge in [-0.1, -0.05) is 12.1 Å². The highest BCUT2D eigenvalue weighted by molar-refractivity contribution is 7.18. The Hall–Kier alpha value is -2.94. The van der Waals surface area contributed by atoms with Crippen LogP contribution in [0.1, 0.15) is 25.6 Å². The molecular weight excluding hydrogens is 363 g/mol. The second-order valence-corrected chi connectivity index (χ2v) is 6.15. The van der Waals surface area contributed by atoms with Crippen molar-refractivity contribution in [1.82, 2.24) is 0 Å². The van der Waals surface area contributed by atoms with Crippen molar-refractivity contribution in [2.24, 2.45) is 0 Å². The molecule has 0 saturated carbocycles. The minimum Gasteiger partial charge on any atom is -0.465 e. The molecule has 2 aromatic rings. The van der Waals surface area contributed by atoms with Crippen molar-refractivity contribution in [3.8, 4) is 0 Å². The number of hydrogen-bond donors (Lipinski definition) is 2. The predicted octanol–water partition coefficient (Wildman–Crippen LogP) is 2.82. The number of para-hydroxylation sites is 1. The van der Waals surface area contributed by atoms with E-state index in [1.165, 1.54) is 32.4 Å². The number of ether oxygens (including phenoxy) is 2. The Balaban J connectivity index is 2.19. The third-order valence-corrected chi connectivity index (χ3v) is 4.66. The number of halogens is 1. The summed E-state index contributed by atoms with van der Waals surface area (Å²) in [7, 11) is 2.42. The molecule has 0 atom stereocenters. The Labute approximate surface area is 153 Å². The smallest absolute Gasteiger partial charge is 0.348 e. The summed E-state index contributed by atoms with van der Waals surface area (Å²) in [5.74, 6) is -2.32. The molecule has 1 heterocycles. The molecule has 0 aliphatic rings. The van der Waals surface area contributed by atoms with Gasteiger partial charge in [-0.05, 0) is 24.6 Å². The number of carbonyl (C=O) groups is 3. The Kier molecular flexibility index (Phi) is 6.29. The number of rotatable bonds is 6. The first kappa shape index (κ1) is 19.4. The van der Waals surface area contributed by atoms with Crippen LogP contribution in [0.2, 0.25) is 0 Å². The second-order valence-electron chi connectivity index (χ2n) is 5.13. The Morgan fingerprint density at radius 3 is 2.38 bits per heavy atom. The lowest BCUT2D eigenvalue weighted by Gasteiger charge is -2.08. The average molecular weight is 380 g/mol. The molecule has 1 amide bonds. The Morgan fingerprint density at radius 1 is 1.12 bits per heavy atom. The minimum atomic E-state index is -0.689. The fourth-order valence-corrected chi connectivity index (χ4v) is 3.32. The predicted molar refractivity (Wildman–Crippen MR) is 95.3 cm³/mol. The summed E-state index contributed by atoms with van der Waals surface area (Å²) in [4.78, 5) is 36.2. The summed E-state index contributed by atoms with van der Waals surface area (Å²) in [6.07, 6.45) is 0. The summed E-state index contributed by atoms with van der Waals surface area (Å²) in [6.45, 7) is 1.33. The number of nitrogens with one attached hydrogen (secondary N) is 2. The van der Waals surface area contributed by atoms with E-state index in [0.29, 0.717) is 5.56 Å². The summed E-state index contributed by atoms with van der Waals surface area (Å²) in [6, 6.07) is 5.92. The minimum absolute atomic E-state index is 0.0807. The van der Waals surface area contributed by atoms with E-state index < -0.39 is 23.7 Å². The highest BCUT2D eigenvalue weighted by Crippen LogP contribution is 2.34. The van der Waals surface area contributed by atoms with Gasteiger partial charge in [0.25, 0.3) is 0 Å². The van der Waals surface area contributed by atoms with Gasteiger partial charge in [-0.15, -0.1) is 11.3 Å². The van der Waals surface area contributed by atoms with Gasteiger partial charge in [-0.2, -0.15) is 0 Å². The zero-order chi connectivity index (χ0) is 19.3. The van der Waals surface area contributed by atoms with Crippen LogP contribution < -0.4 is 10.6 Å². The van der Waals surface area contributed by atoms with E-state index in [0.717, 1.165) is 11.3 Å². The van der Waals surface area contributed by atoms with Crippen LogP contribution in [0.25, 0.3) is 0 Å². The topological polar surface area (TPSA) is 93.7 Å². The Bertz CT molecular complexity index is 850. The molecule has 0 spiro atoms. The molecule has 2 rings (SSSR count). The van der Waals surface area contributed by atoms with E-state index >= 15 is 0 Å². The number of benzene rings is 1. The molecule has 0 aliphatic heterocycles. The van der Waals surface area contributed by atoms with Gasteiger partial charge in [-0.25, -0.2) is 14.0 Å². The van der Waals surface area contributed by atoms with Gasteiger partial charge in [0, 0.05) is 0 Å². The van der Waals surface area contributed by atoms with Gasteiger partial charge in [0.05, 0.1) is 32.0 Å². The average Bonchev–Trinajstić information content (AvgIpc) is 2.95. The van der Waals surface area contributed by atoms with Gasteiger partial charge in [-0.3, -0.25) is 4.79 Å². The molecule has 2 N–H and O–H groups in total. The maximum absolute atomic E-state index is 13.6. The van der Waals surface area contributed by atoms with E-state index in [-0.39, 0.29) is 27.7 Å². The standard InChI is InChI=1S/C17H17FN2O5S/c1-9-13(16(22)24-2)15(26-14(9)17(23)25-3)20-12(21)8-19-11-7-5-4-6-10(11)18/h4-7,19H,8H2,1-3H3,(H,20,21). The van der Waals surface area contributed by atoms with Crippen LogP contribution in [0, 0.1) is 12.7 Å². The lowest BCUT2D eigenvalue weighted by molar-refractivity contribution is -0.114. The number of methoxy groups -OCH3 is 2. The summed E-state index contributed by atoms with van der Waals surface area (Å²) in [5, 5.41) is 5.36. The van der Waals surface area contributed by atoms with Crippen LogP contribution in [-0.4, -0.2) is 38.6 Å². The van der Waals surface area contributed by atoms with Crippen molar-refractivity contribution in [1.29, 1.82) is 0 Å². The number of esters is 2. The van der Waals surface area contributed by atoms with Gasteiger partial charge in [0.1, 0.15) is 15.7 Å². The molecule has 138 valence electrons. The summed E-state index contributed by atoms with van der Waals surface area (Å²) >= 11 is 0.906. The first-order valence-corrected chi connectivity index (χ1v) is 8.29. The third kappa shape index (κ3) is 4.17. The van der Waals surface area contributed by atoms with Gasteiger partial charge < -0.3 is 20.1 Å². The molecule has 26 heavy (non-hydrogen) atoms. The van der Waals surface area contributed by atoms with Crippen LogP contribution in [0.3, 0.4) is 0 Å². The largest absolute Gasteiger partial charge is 0.465 e. The maximum Gasteiger partial charge on any atom is 0.348 e. The van der Waals surface area contributed by atoms with E-state index in [9.17, 15) is 18.8 Å². The molecule has 0 saturated heterocycles. The number of hydrogen-bond acceptors (Lipinski definition) is 7. The Morgan fingerprint density at radius 2 is 1.77 bits per heavy atom. The van der Waals surface area contributed by atoms with Gasteiger partial charge in [0.2, 0.25) is 5.91 Å². The third-order valence-electron chi connectivity index (χ3n) is 3.47. The van der Waals surface area contributed by atoms with Crippen molar-refractivity contribution >= 4 is 39.9 Å². The van der Waals surface area contributed by atoms with Crippen LogP contribution in [0.4, 0.5) is 15.1 Å². The van der Waals surface area contributed by atoms with Crippen LogP contribution in [0.5, 0.6) is 0 Å².